The van der Waals surface area contributed by atoms with Crippen LogP contribution in [0.15, 0.2) is 89.6 Å². The number of hydrogen-bond acceptors (Lipinski definition) is 4. The van der Waals surface area contributed by atoms with Crippen molar-refractivity contribution in [2.24, 2.45) is 0 Å². The molecule has 0 spiro atoms. The topological polar surface area (TPSA) is 75.3 Å². The molecule has 0 radical (unpaired) electrons. The number of ketones is 2. The summed E-state index contributed by atoms with van der Waals surface area (Å²) in [6.45, 7) is 0.285. The number of fused-ring (bicyclic) bond motifs is 1. The van der Waals surface area contributed by atoms with Gasteiger partial charge in [0.25, 0.3) is 5.91 Å². The smallest absolute Gasteiger partial charge is 0.255 e. The van der Waals surface area contributed by atoms with Crippen molar-refractivity contribution in [2.75, 3.05) is 5.32 Å². The Balaban J connectivity index is 1.44. The molecule has 1 amide bonds. The molecule has 5 nitrogen and oxygen atoms in total. The summed E-state index contributed by atoms with van der Waals surface area (Å²) in [4.78, 5) is 37.5. The Morgan fingerprint density at radius 1 is 0.767 bits per heavy atom. The van der Waals surface area contributed by atoms with Gasteiger partial charge >= 0.3 is 0 Å². The Morgan fingerprint density at radius 3 is 2.03 bits per heavy atom. The van der Waals surface area contributed by atoms with Gasteiger partial charge in [-0.25, -0.2) is 0 Å². The van der Waals surface area contributed by atoms with Crippen LogP contribution in [0.3, 0.4) is 0 Å². The molecule has 30 heavy (non-hydrogen) atoms. The van der Waals surface area contributed by atoms with Gasteiger partial charge in [0.15, 0.2) is 0 Å². The van der Waals surface area contributed by atoms with E-state index in [-0.39, 0.29) is 34.7 Å². The van der Waals surface area contributed by atoms with Crippen LogP contribution >= 0.6 is 11.6 Å². The number of carbonyl (C=O) groups excluding carboxylic acids is 3. The summed E-state index contributed by atoms with van der Waals surface area (Å²) >= 11 is 6.16. The standard InChI is InChI=1S/C24H17ClN2O3/c25-20-21(23(29)19-9-5-4-8-18(19)22(20)28)26-14-15-10-12-16(13-11-15)24(30)27-17-6-2-1-3-7-17/h1-13,26H,14H2,(H,27,30). The van der Waals surface area contributed by atoms with E-state index in [1.807, 2.05) is 30.3 Å². The average Bonchev–Trinajstić information content (AvgIpc) is 2.78. The summed E-state index contributed by atoms with van der Waals surface area (Å²) in [6.07, 6.45) is 0. The molecular weight excluding hydrogens is 400 g/mol. The second-order valence-corrected chi connectivity index (χ2v) is 7.14. The molecule has 0 unspecified atom stereocenters. The van der Waals surface area contributed by atoms with E-state index in [2.05, 4.69) is 10.6 Å². The van der Waals surface area contributed by atoms with E-state index in [9.17, 15) is 14.4 Å². The third-order valence-corrected chi connectivity index (χ3v) is 5.14. The summed E-state index contributed by atoms with van der Waals surface area (Å²) < 4.78 is 0. The minimum absolute atomic E-state index is 0.0891. The van der Waals surface area contributed by atoms with Gasteiger partial charge in [-0.2, -0.15) is 0 Å². The highest BCUT2D eigenvalue weighted by Crippen LogP contribution is 2.27. The number of benzene rings is 3. The molecule has 0 heterocycles. The van der Waals surface area contributed by atoms with Crippen LogP contribution in [-0.4, -0.2) is 17.5 Å². The second-order valence-electron chi connectivity index (χ2n) is 6.76. The predicted octanol–water partition coefficient (Wildman–Crippen LogP) is 4.56. The molecule has 3 aromatic carbocycles. The van der Waals surface area contributed by atoms with Crippen LogP contribution in [0.5, 0.6) is 0 Å². The SMILES string of the molecule is O=C(Nc1ccccc1)c1ccc(CNC2=C(Cl)C(=O)c3ccccc3C2=O)cc1. The van der Waals surface area contributed by atoms with Crippen LogP contribution < -0.4 is 10.6 Å². The Labute approximate surface area is 178 Å². The van der Waals surface area contributed by atoms with Crippen LogP contribution in [0.25, 0.3) is 0 Å². The Morgan fingerprint density at radius 2 is 1.37 bits per heavy atom. The molecule has 0 atom stereocenters. The largest absolute Gasteiger partial charge is 0.376 e. The molecule has 4 rings (SSSR count). The number of amides is 1. The van der Waals surface area contributed by atoms with Crippen molar-refractivity contribution in [3.05, 3.63) is 112 Å². The first kappa shape index (κ1) is 19.6. The highest BCUT2D eigenvalue weighted by molar-refractivity contribution is 6.49. The first-order valence-corrected chi connectivity index (χ1v) is 9.70. The zero-order valence-electron chi connectivity index (χ0n) is 15.8. The molecule has 0 bridgehead atoms. The molecule has 1 aliphatic rings. The number of halogens is 1. The van der Waals surface area contributed by atoms with Gasteiger partial charge in [-0.3, -0.25) is 14.4 Å². The lowest BCUT2D eigenvalue weighted by Gasteiger charge is -2.19. The van der Waals surface area contributed by atoms with Crippen molar-refractivity contribution < 1.29 is 14.4 Å². The molecule has 0 aliphatic heterocycles. The van der Waals surface area contributed by atoms with Crippen molar-refractivity contribution in [1.82, 2.24) is 5.32 Å². The van der Waals surface area contributed by atoms with Crippen LogP contribution in [0.4, 0.5) is 5.69 Å². The molecule has 0 fully saturated rings. The summed E-state index contributed by atoms with van der Waals surface area (Å²) in [6, 6.07) is 22.8. The van der Waals surface area contributed by atoms with E-state index in [4.69, 9.17) is 11.6 Å². The van der Waals surface area contributed by atoms with Crippen LogP contribution in [0, 0.1) is 0 Å². The average molecular weight is 417 g/mol. The number of Topliss-reactive ketones (excluding diaryl/α,β-unsaturated/α-hetero) is 2. The van der Waals surface area contributed by atoms with Crippen LogP contribution in [-0.2, 0) is 6.54 Å². The predicted molar refractivity (Wildman–Crippen MR) is 116 cm³/mol. The first-order chi connectivity index (χ1) is 14.5. The van der Waals surface area contributed by atoms with Crippen molar-refractivity contribution in [2.45, 2.75) is 6.54 Å². The minimum atomic E-state index is -0.373. The summed E-state index contributed by atoms with van der Waals surface area (Å²) in [5, 5.41) is 5.69. The van der Waals surface area contributed by atoms with E-state index in [1.165, 1.54) is 0 Å². The van der Waals surface area contributed by atoms with E-state index in [0.717, 1.165) is 11.3 Å². The minimum Gasteiger partial charge on any atom is -0.376 e. The zero-order chi connectivity index (χ0) is 21.1. The van der Waals surface area contributed by atoms with Gasteiger partial charge in [0.05, 0.1) is 0 Å². The van der Waals surface area contributed by atoms with Gasteiger partial charge in [-0.15, -0.1) is 0 Å². The van der Waals surface area contributed by atoms with E-state index >= 15 is 0 Å². The van der Waals surface area contributed by atoms with Gasteiger partial charge in [0, 0.05) is 28.9 Å². The number of anilines is 1. The highest BCUT2D eigenvalue weighted by atomic mass is 35.5. The van der Waals surface area contributed by atoms with Gasteiger partial charge in [0.2, 0.25) is 11.6 Å². The molecule has 148 valence electrons. The fourth-order valence-corrected chi connectivity index (χ4v) is 3.45. The maximum atomic E-state index is 12.7. The fraction of sp³-hybridized carbons (Fsp3) is 0.0417. The number of carbonyl (C=O) groups is 3. The maximum Gasteiger partial charge on any atom is 0.255 e. The molecule has 2 N–H and O–H groups in total. The third-order valence-electron chi connectivity index (χ3n) is 4.78. The number of para-hydroxylation sites is 1. The lowest BCUT2D eigenvalue weighted by atomic mass is 9.92. The number of rotatable bonds is 5. The second kappa shape index (κ2) is 8.35. The van der Waals surface area contributed by atoms with E-state index in [0.29, 0.717) is 16.7 Å². The van der Waals surface area contributed by atoms with E-state index in [1.54, 1.807) is 48.5 Å². The molecule has 6 heteroatoms. The van der Waals surface area contributed by atoms with Gasteiger partial charge in [-0.1, -0.05) is 66.2 Å². The van der Waals surface area contributed by atoms with Crippen LogP contribution in [0.2, 0.25) is 0 Å². The molecular formula is C24H17ClN2O3. The van der Waals surface area contributed by atoms with Crippen molar-refractivity contribution in [3.63, 3.8) is 0 Å². The Hall–Kier alpha value is -3.70. The van der Waals surface area contributed by atoms with Crippen LogP contribution in [0.1, 0.15) is 36.6 Å². The fourth-order valence-electron chi connectivity index (χ4n) is 3.19. The van der Waals surface area contributed by atoms with E-state index < -0.39 is 0 Å². The molecule has 0 saturated heterocycles. The molecule has 0 aromatic heterocycles. The van der Waals surface area contributed by atoms with Gasteiger partial charge < -0.3 is 10.6 Å². The van der Waals surface area contributed by atoms with Gasteiger partial charge in [0.1, 0.15) is 10.7 Å². The highest BCUT2D eigenvalue weighted by Gasteiger charge is 2.30. The Bertz CT molecular complexity index is 1170. The Kier molecular flexibility index (Phi) is 5.46. The number of hydrogen-bond donors (Lipinski definition) is 2. The molecule has 3 aromatic rings. The molecule has 1 aliphatic carbocycles. The number of nitrogens with one attached hydrogen (secondary N) is 2. The first-order valence-electron chi connectivity index (χ1n) is 9.32. The van der Waals surface area contributed by atoms with Crippen molar-refractivity contribution in [3.8, 4) is 0 Å². The zero-order valence-corrected chi connectivity index (χ0v) is 16.6. The van der Waals surface area contributed by atoms with Gasteiger partial charge in [-0.05, 0) is 29.8 Å². The lowest BCUT2D eigenvalue weighted by Crippen LogP contribution is -2.28. The third kappa shape index (κ3) is 3.88. The lowest BCUT2D eigenvalue weighted by molar-refractivity contribution is 0.0974. The molecule has 0 saturated carbocycles. The monoisotopic (exact) mass is 416 g/mol. The summed E-state index contributed by atoms with van der Waals surface area (Å²) in [7, 11) is 0. The van der Waals surface area contributed by atoms with Crippen molar-refractivity contribution >= 4 is 34.8 Å². The number of allylic oxidation sites excluding steroid dienone is 2. The maximum absolute atomic E-state index is 12.7. The summed E-state index contributed by atoms with van der Waals surface area (Å²) in [5.74, 6) is -0.896. The quantitative estimate of drug-likeness (QED) is 0.639. The van der Waals surface area contributed by atoms with Crippen molar-refractivity contribution in [1.29, 1.82) is 0 Å². The normalized spacial score (nSPS) is 13.1. The summed E-state index contributed by atoms with van der Waals surface area (Å²) in [5.41, 5.74) is 2.80.